The molecule has 1 N–H and O–H groups in total. The third-order valence-electron chi connectivity index (χ3n) is 1.14. The minimum Gasteiger partial charge on any atom is -0.364 e. The Morgan fingerprint density at radius 2 is 2.14 bits per heavy atom. The predicted octanol–water partition coefficient (Wildman–Crippen LogP) is 0.813. The highest BCUT2D eigenvalue weighted by atomic mass is 16.6. The maximum Gasteiger partial charge on any atom is 0.121 e. The van der Waals surface area contributed by atoms with E-state index in [1.807, 2.05) is 6.92 Å². The molecule has 0 radical (unpaired) electrons. The van der Waals surface area contributed by atoms with E-state index < -0.39 is 0 Å². The first kappa shape index (κ1) is 4.78. The number of rotatable bonds is 1. The van der Waals surface area contributed by atoms with Crippen LogP contribution in [-0.4, -0.2) is 17.9 Å². The summed E-state index contributed by atoms with van der Waals surface area (Å²) in [6, 6.07) is 0. The van der Waals surface area contributed by atoms with Crippen molar-refractivity contribution in [2.24, 2.45) is 0 Å². The summed E-state index contributed by atoms with van der Waals surface area (Å²) >= 11 is 0. The van der Waals surface area contributed by atoms with E-state index in [0.29, 0.717) is 11.8 Å². The molecule has 2 atom stereocenters. The van der Waals surface area contributed by atoms with Crippen molar-refractivity contribution >= 4 is 5.71 Å². The van der Waals surface area contributed by atoms with Gasteiger partial charge >= 0.3 is 0 Å². The van der Waals surface area contributed by atoms with Gasteiger partial charge in [0.15, 0.2) is 0 Å². The van der Waals surface area contributed by atoms with Gasteiger partial charge in [-0.2, -0.15) is 0 Å². The molecular formula is C5H9NO. The fourth-order valence-electron chi connectivity index (χ4n) is 0.640. The first-order chi connectivity index (χ1) is 3.22. The summed E-state index contributed by atoms with van der Waals surface area (Å²) < 4.78 is 4.95. The highest BCUT2D eigenvalue weighted by Gasteiger charge is 2.35. The lowest BCUT2D eigenvalue weighted by atomic mass is 10.2. The molecule has 0 amide bonds. The molecule has 0 aromatic heterocycles. The monoisotopic (exact) mass is 99.1 g/mol. The Bertz CT molecular complexity index is 100. The number of ether oxygens (including phenoxy) is 1. The zero-order valence-electron chi connectivity index (χ0n) is 4.56. The summed E-state index contributed by atoms with van der Waals surface area (Å²) in [5, 5.41) is 7.02. The fourth-order valence-corrected chi connectivity index (χ4v) is 0.640. The van der Waals surface area contributed by atoms with Gasteiger partial charge in [0.25, 0.3) is 0 Å². The molecule has 1 aliphatic heterocycles. The molecule has 2 nitrogen and oxygen atoms in total. The molecule has 1 fully saturated rings. The van der Waals surface area contributed by atoms with Crippen molar-refractivity contribution in [2.75, 3.05) is 0 Å². The van der Waals surface area contributed by atoms with Gasteiger partial charge in [-0.15, -0.1) is 0 Å². The lowest BCUT2D eigenvalue weighted by Crippen LogP contribution is -2.00. The van der Waals surface area contributed by atoms with Crippen LogP contribution in [0.15, 0.2) is 0 Å². The number of nitrogens with one attached hydrogen (secondary N) is 1. The molecule has 0 bridgehead atoms. The average Bonchev–Trinajstić information content (AvgIpc) is 2.17. The van der Waals surface area contributed by atoms with Crippen molar-refractivity contribution in [2.45, 2.75) is 26.1 Å². The first-order valence-electron chi connectivity index (χ1n) is 2.42. The molecule has 0 spiro atoms. The molecule has 1 saturated heterocycles. The van der Waals surface area contributed by atoms with E-state index in [2.05, 4.69) is 0 Å². The molecule has 0 aromatic carbocycles. The number of hydrogen-bond donors (Lipinski definition) is 1. The van der Waals surface area contributed by atoms with Crippen molar-refractivity contribution in [1.29, 1.82) is 5.41 Å². The third-order valence-corrected chi connectivity index (χ3v) is 1.14. The van der Waals surface area contributed by atoms with Crippen LogP contribution in [0, 0.1) is 5.41 Å². The van der Waals surface area contributed by atoms with Crippen LogP contribution in [0.1, 0.15) is 13.8 Å². The minimum atomic E-state index is 0.153. The highest BCUT2D eigenvalue weighted by Crippen LogP contribution is 2.21. The second-order valence-electron chi connectivity index (χ2n) is 1.94. The standard InChI is InChI=1S/C5H9NO/c1-3(6)5-4(2)7-5/h4-6H,1-2H3. The van der Waals surface area contributed by atoms with Gasteiger partial charge in [0.2, 0.25) is 0 Å². The molecule has 7 heavy (non-hydrogen) atoms. The molecule has 1 rings (SSSR count). The topological polar surface area (TPSA) is 36.4 Å². The lowest BCUT2D eigenvalue weighted by molar-refractivity contribution is 0.406. The lowest BCUT2D eigenvalue weighted by Gasteiger charge is -1.80. The SMILES string of the molecule is CC(=N)C1OC1C. The second kappa shape index (κ2) is 1.30. The maximum atomic E-state index is 7.02. The summed E-state index contributed by atoms with van der Waals surface area (Å²) in [5.74, 6) is 0. The Morgan fingerprint density at radius 3 is 2.14 bits per heavy atom. The Hall–Kier alpha value is -0.370. The molecule has 2 heteroatoms. The zero-order chi connectivity index (χ0) is 5.44. The fraction of sp³-hybridized carbons (Fsp3) is 0.800. The van der Waals surface area contributed by atoms with Crippen molar-refractivity contribution in [3.63, 3.8) is 0 Å². The summed E-state index contributed by atoms with van der Waals surface area (Å²) in [6.45, 7) is 3.75. The number of epoxide rings is 1. The van der Waals surface area contributed by atoms with Crippen LogP contribution in [0.2, 0.25) is 0 Å². The van der Waals surface area contributed by atoms with E-state index in [1.165, 1.54) is 0 Å². The van der Waals surface area contributed by atoms with E-state index in [0.717, 1.165) is 0 Å². The Morgan fingerprint density at radius 1 is 1.71 bits per heavy atom. The van der Waals surface area contributed by atoms with Gasteiger partial charge in [-0.25, -0.2) is 0 Å². The van der Waals surface area contributed by atoms with Crippen LogP contribution >= 0.6 is 0 Å². The quantitative estimate of drug-likeness (QED) is 0.383. The summed E-state index contributed by atoms with van der Waals surface area (Å²) in [4.78, 5) is 0. The van der Waals surface area contributed by atoms with Gasteiger partial charge in [0.05, 0.1) is 6.10 Å². The molecule has 1 heterocycles. The van der Waals surface area contributed by atoms with Gasteiger partial charge < -0.3 is 10.1 Å². The second-order valence-corrected chi connectivity index (χ2v) is 1.94. The number of hydrogen-bond acceptors (Lipinski definition) is 2. The van der Waals surface area contributed by atoms with E-state index >= 15 is 0 Å². The van der Waals surface area contributed by atoms with Crippen molar-refractivity contribution in [3.05, 3.63) is 0 Å². The van der Waals surface area contributed by atoms with Gasteiger partial charge in [-0.3, -0.25) is 0 Å². The largest absolute Gasteiger partial charge is 0.364 e. The van der Waals surface area contributed by atoms with Crippen molar-refractivity contribution in [3.8, 4) is 0 Å². The summed E-state index contributed by atoms with van der Waals surface area (Å²) in [7, 11) is 0. The summed E-state index contributed by atoms with van der Waals surface area (Å²) in [6.07, 6.45) is 0.470. The molecule has 0 aliphatic carbocycles. The van der Waals surface area contributed by atoms with Gasteiger partial charge in [0, 0.05) is 5.71 Å². The van der Waals surface area contributed by atoms with Crippen LogP contribution in [0.5, 0.6) is 0 Å². The normalized spacial score (nSPS) is 38.0. The van der Waals surface area contributed by atoms with E-state index in [1.54, 1.807) is 6.92 Å². The predicted molar refractivity (Wildman–Crippen MR) is 27.7 cm³/mol. The third kappa shape index (κ3) is 0.800. The smallest absolute Gasteiger partial charge is 0.121 e. The minimum absolute atomic E-state index is 0.153. The van der Waals surface area contributed by atoms with Crippen LogP contribution in [0.3, 0.4) is 0 Å². The summed E-state index contributed by atoms with van der Waals surface area (Å²) in [5.41, 5.74) is 0.646. The molecule has 0 saturated carbocycles. The average molecular weight is 99.1 g/mol. The van der Waals surface area contributed by atoms with Gasteiger partial charge in [0.1, 0.15) is 6.10 Å². The molecule has 40 valence electrons. The highest BCUT2D eigenvalue weighted by molar-refractivity contribution is 5.85. The van der Waals surface area contributed by atoms with Crippen LogP contribution in [0.4, 0.5) is 0 Å². The maximum absolute atomic E-state index is 7.02. The molecular weight excluding hydrogens is 90.1 g/mol. The Kier molecular flexibility index (Phi) is 0.889. The van der Waals surface area contributed by atoms with Gasteiger partial charge in [-0.1, -0.05) is 0 Å². The van der Waals surface area contributed by atoms with Crippen LogP contribution in [0.25, 0.3) is 0 Å². The Labute approximate surface area is 43.0 Å². The van der Waals surface area contributed by atoms with Gasteiger partial charge in [-0.05, 0) is 13.8 Å². The Balaban J connectivity index is 2.33. The van der Waals surface area contributed by atoms with Crippen molar-refractivity contribution < 1.29 is 4.74 Å². The molecule has 1 aliphatic rings. The van der Waals surface area contributed by atoms with E-state index in [4.69, 9.17) is 10.1 Å². The van der Waals surface area contributed by atoms with Crippen molar-refractivity contribution in [1.82, 2.24) is 0 Å². The molecule has 0 aromatic rings. The van der Waals surface area contributed by atoms with Crippen LogP contribution < -0.4 is 0 Å². The van der Waals surface area contributed by atoms with E-state index in [9.17, 15) is 0 Å². The zero-order valence-corrected chi connectivity index (χ0v) is 4.56. The van der Waals surface area contributed by atoms with Crippen LogP contribution in [-0.2, 0) is 4.74 Å². The van der Waals surface area contributed by atoms with E-state index in [-0.39, 0.29) is 6.10 Å². The molecule has 2 unspecified atom stereocenters. The first-order valence-corrected chi connectivity index (χ1v) is 2.42.